The van der Waals surface area contributed by atoms with Crippen LogP contribution in [0.15, 0.2) is 54.6 Å². The largest absolute Gasteiger partial charge is 0.478 e. The highest BCUT2D eigenvalue weighted by atomic mass is 19.1. The zero-order chi connectivity index (χ0) is 28.8. The van der Waals surface area contributed by atoms with Crippen LogP contribution in [0.2, 0.25) is 0 Å². The second-order valence-corrected chi connectivity index (χ2v) is 11.0. The first-order chi connectivity index (χ1) is 20.5. The molecule has 10 nitrogen and oxygen atoms in total. The van der Waals surface area contributed by atoms with E-state index in [0.29, 0.717) is 36.6 Å². The Bertz CT molecular complexity index is 1710. The maximum absolute atomic E-state index is 14.3. The Morgan fingerprint density at radius 3 is 2.79 bits per heavy atom. The van der Waals surface area contributed by atoms with E-state index in [2.05, 4.69) is 14.4 Å². The highest BCUT2D eigenvalue weighted by molar-refractivity contribution is 5.92. The monoisotopic (exact) mass is 568 g/mol. The van der Waals surface area contributed by atoms with E-state index in [9.17, 15) is 14.3 Å². The van der Waals surface area contributed by atoms with E-state index in [-0.39, 0.29) is 23.8 Å². The molecule has 2 aromatic carbocycles. The Morgan fingerprint density at radius 2 is 2.02 bits per heavy atom. The fourth-order valence-corrected chi connectivity index (χ4v) is 5.92. The van der Waals surface area contributed by atoms with Crippen LogP contribution in [0.4, 0.5) is 10.2 Å². The summed E-state index contributed by atoms with van der Waals surface area (Å²) in [5.41, 5.74) is 2.51. The molecule has 2 saturated heterocycles. The Kier molecular flexibility index (Phi) is 6.72. The lowest BCUT2D eigenvalue weighted by atomic mass is 10.1. The van der Waals surface area contributed by atoms with Crippen LogP contribution in [0.1, 0.15) is 40.2 Å². The number of hydrogen-bond donors (Lipinski definition) is 1. The van der Waals surface area contributed by atoms with Gasteiger partial charge in [-0.25, -0.2) is 14.2 Å². The molecule has 0 spiro atoms. The van der Waals surface area contributed by atoms with Crippen molar-refractivity contribution in [2.75, 3.05) is 24.6 Å². The zero-order valence-electron chi connectivity index (χ0n) is 22.8. The topological polar surface area (TPSA) is 117 Å². The van der Waals surface area contributed by atoms with Gasteiger partial charge in [0.25, 0.3) is 0 Å². The number of piperazine rings is 1. The summed E-state index contributed by atoms with van der Waals surface area (Å²) in [5.74, 6) is 0.746. The second kappa shape index (κ2) is 10.7. The number of rotatable bonds is 9. The molecule has 2 aromatic heterocycles. The van der Waals surface area contributed by atoms with Crippen molar-refractivity contribution in [3.63, 3.8) is 0 Å². The Labute approximate surface area is 241 Å². The fourth-order valence-electron chi connectivity index (χ4n) is 5.92. The Balaban J connectivity index is 1.04. The minimum atomic E-state index is -0.951. The summed E-state index contributed by atoms with van der Waals surface area (Å²) < 4.78 is 27.9. The van der Waals surface area contributed by atoms with Crippen LogP contribution >= 0.6 is 0 Å². The Morgan fingerprint density at radius 1 is 1.14 bits per heavy atom. The first-order valence-electron chi connectivity index (χ1n) is 14.1. The molecule has 2 aliphatic heterocycles. The van der Waals surface area contributed by atoms with E-state index >= 15 is 0 Å². The molecule has 2 unspecified atom stereocenters. The smallest absolute Gasteiger partial charge is 0.335 e. The van der Waals surface area contributed by atoms with Crippen molar-refractivity contribution in [2.45, 2.75) is 50.7 Å². The highest BCUT2D eigenvalue weighted by Gasteiger charge is 2.49. The molecule has 3 atom stereocenters. The normalized spacial score (nSPS) is 21.4. The van der Waals surface area contributed by atoms with Gasteiger partial charge in [-0.3, -0.25) is 4.90 Å². The average Bonchev–Trinajstić information content (AvgIpc) is 3.71. The third kappa shape index (κ3) is 5.04. The van der Waals surface area contributed by atoms with Crippen LogP contribution in [-0.2, 0) is 24.4 Å². The third-order valence-electron chi connectivity index (χ3n) is 8.38. The average molecular weight is 569 g/mol. The van der Waals surface area contributed by atoms with E-state index in [0.717, 1.165) is 55.2 Å². The quantitative estimate of drug-likeness (QED) is 0.320. The van der Waals surface area contributed by atoms with Crippen molar-refractivity contribution in [3.8, 4) is 11.9 Å². The molecule has 4 heterocycles. The van der Waals surface area contributed by atoms with Crippen molar-refractivity contribution >= 4 is 22.8 Å². The minimum Gasteiger partial charge on any atom is -0.478 e. The molecule has 42 heavy (non-hydrogen) atoms. The molecule has 214 valence electrons. The van der Waals surface area contributed by atoms with Gasteiger partial charge in [0.05, 0.1) is 47.4 Å². The number of aromatic carboxylic acids is 1. The second-order valence-electron chi connectivity index (χ2n) is 11.0. The number of nitriles is 1. The maximum atomic E-state index is 14.3. The summed E-state index contributed by atoms with van der Waals surface area (Å²) >= 11 is 0. The van der Waals surface area contributed by atoms with Gasteiger partial charge in [-0.2, -0.15) is 10.2 Å². The number of hydrogen-bond acceptors (Lipinski definition) is 8. The number of nitrogens with zero attached hydrogens (tertiary/aromatic N) is 6. The van der Waals surface area contributed by atoms with Crippen molar-refractivity contribution in [1.29, 1.82) is 5.26 Å². The Hall–Kier alpha value is -4.53. The van der Waals surface area contributed by atoms with Gasteiger partial charge in [0, 0.05) is 43.4 Å². The molecule has 11 heteroatoms. The molecule has 4 aromatic rings. The molecule has 0 bridgehead atoms. The number of carboxylic acids is 1. The SMILES string of the molecule is N#Cc1ccc(COc2cccc(N3CCN(Cc4nc5ccc(C(=O)O)cc5n4C[C@@H]4CCO4)C4CC43)n2)c(F)c1. The van der Waals surface area contributed by atoms with E-state index in [1.165, 1.54) is 6.07 Å². The van der Waals surface area contributed by atoms with Crippen LogP contribution < -0.4 is 9.64 Å². The summed E-state index contributed by atoms with van der Waals surface area (Å²) in [5, 5.41) is 18.5. The number of carbonyl (C=O) groups is 1. The summed E-state index contributed by atoms with van der Waals surface area (Å²) in [6, 6.07) is 17.7. The molecule has 3 aliphatic rings. The molecular weight excluding hydrogens is 539 g/mol. The van der Waals surface area contributed by atoms with Crippen LogP contribution in [0, 0.1) is 17.1 Å². The van der Waals surface area contributed by atoms with Gasteiger partial charge in [-0.05, 0) is 49.2 Å². The van der Waals surface area contributed by atoms with Crippen molar-refractivity contribution in [3.05, 3.63) is 82.9 Å². The molecule has 3 fully saturated rings. The van der Waals surface area contributed by atoms with E-state index in [1.54, 1.807) is 36.4 Å². The molecule has 0 amide bonds. The number of anilines is 1. The van der Waals surface area contributed by atoms with Crippen molar-refractivity contribution < 1.29 is 23.8 Å². The van der Waals surface area contributed by atoms with Gasteiger partial charge in [0.2, 0.25) is 5.88 Å². The lowest BCUT2D eigenvalue weighted by molar-refractivity contribution is -0.0592. The standard InChI is InChI=1S/C31H29FN6O4/c32-23-12-19(15-33)4-5-21(23)18-42-30-3-1-2-28(35-30)37-10-9-36(26-14-27(26)37)17-29-34-24-7-6-20(31(39)40)13-25(24)38(29)16-22-8-11-41-22/h1-7,12-13,22,26-27H,8-11,14,16-18H2,(H,39,40)/t22-,26?,27?/m0/s1. The highest BCUT2D eigenvalue weighted by Crippen LogP contribution is 2.40. The number of carboxylic acid groups (broad SMARTS) is 1. The summed E-state index contributed by atoms with van der Waals surface area (Å²) in [7, 11) is 0. The number of halogens is 1. The van der Waals surface area contributed by atoms with E-state index in [4.69, 9.17) is 24.7 Å². The van der Waals surface area contributed by atoms with Crippen molar-refractivity contribution in [1.82, 2.24) is 19.4 Å². The van der Waals surface area contributed by atoms with Crippen LogP contribution in [0.5, 0.6) is 5.88 Å². The lowest BCUT2D eigenvalue weighted by Gasteiger charge is -2.35. The molecular formula is C31H29FN6O4. The zero-order valence-corrected chi connectivity index (χ0v) is 22.8. The molecule has 0 radical (unpaired) electrons. The first kappa shape index (κ1) is 26.4. The lowest BCUT2D eigenvalue weighted by Crippen LogP contribution is -2.46. The predicted octanol–water partition coefficient (Wildman–Crippen LogP) is 3.97. The van der Waals surface area contributed by atoms with Crippen LogP contribution in [-0.4, -0.2) is 68.4 Å². The minimum absolute atomic E-state index is 0.0225. The summed E-state index contributed by atoms with van der Waals surface area (Å²) in [6.45, 7) is 3.72. The summed E-state index contributed by atoms with van der Waals surface area (Å²) in [4.78, 5) is 26.0. The van der Waals surface area contributed by atoms with E-state index < -0.39 is 11.8 Å². The number of pyridine rings is 1. The number of ether oxygens (including phenoxy) is 2. The van der Waals surface area contributed by atoms with Crippen LogP contribution in [0.25, 0.3) is 11.0 Å². The van der Waals surface area contributed by atoms with Gasteiger partial charge in [-0.15, -0.1) is 0 Å². The van der Waals surface area contributed by atoms with Gasteiger partial charge in [-0.1, -0.05) is 12.1 Å². The van der Waals surface area contributed by atoms with Gasteiger partial charge in [0.1, 0.15) is 24.1 Å². The van der Waals surface area contributed by atoms with Gasteiger partial charge >= 0.3 is 5.97 Å². The summed E-state index contributed by atoms with van der Waals surface area (Å²) in [6.07, 6.45) is 2.12. The number of fused-ring (bicyclic) bond motifs is 2. The number of imidazole rings is 1. The fraction of sp³-hybridized carbons (Fsp3) is 0.355. The molecule has 1 N–H and O–H groups in total. The molecule has 1 saturated carbocycles. The third-order valence-corrected chi connectivity index (χ3v) is 8.38. The van der Waals surface area contributed by atoms with Crippen molar-refractivity contribution in [2.24, 2.45) is 0 Å². The molecule has 1 aliphatic carbocycles. The van der Waals surface area contributed by atoms with Gasteiger partial charge in [0.15, 0.2) is 0 Å². The predicted molar refractivity (Wildman–Crippen MR) is 151 cm³/mol. The first-order valence-corrected chi connectivity index (χ1v) is 14.1. The van der Waals surface area contributed by atoms with Gasteiger partial charge < -0.3 is 24.0 Å². The van der Waals surface area contributed by atoms with Crippen LogP contribution in [0.3, 0.4) is 0 Å². The molecule has 7 rings (SSSR count). The maximum Gasteiger partial charge on any atom is 0.335 e. The number of aromatic nitrogens is 3. The van der Waals surface area contributed by atoms with E-state index in [1.807, 2.05) is 18.2 Å². The number of benzene rings is 2.